The third-order valence-electron chi connectivity index (χ3n) is 1.45. The lowest BCUT2D eigenvalue weighted by Gasteiger charge is -2.09. The van der Waals surface area contributed by atoms with Gasteiger partial charge < -0.3 is 5.73 Å². The fourth-order valence-electron chi connectivity index (χ4n) is 0.329. The lowest BCUT2D eigenvalue weighted by Crippen LogP contribution is -2.24. The van der Waals surface area contributed by atoms with Crippen molar-refractivity contribution in [3.05, 3.63) is 0 Å². The Bertz CT molecular complexity index is 93.1. The molecule has 1 atom stereocenters. The molecular weight excluding hydrogens is 134 g/mol. The van der Waals surface area contributed by atoms with Crippen LogP contribution in [0, 0.1) is 11.8 Å². The maximum Gasteiger partial charge on any atom is 0.220 e. The van der Waals surface area contributed by atoms with Gasteiger partial charge in [-0.1, -0.05) is 20.8 Å². The number of nitrogens with two attached hydrogens (primary N) is 1. The van der Waals surface area contributed by atoms with E-state index in [4.69, 9.17) is 5.73 Å². The molecule has 0 aliphatic heterocycles. The van der Waals surface area contributed by atoms with Crippen LogP contribution in [0.1, 0.15) is 20.8 Å². The monoisotopic (exact) mass is 149 g/mol. The number of primary amides is 1. The van der Waals surface area contributed by atoms with Gasteiger partial charge in [-0.15, -0.1) is 0 Å². The Morgan fingerprint density at radius 1 is 1.33 bits per heavy atom. The first-order valence-corrected chi connectivity index (χ1v) is 2.85. The van der Waals surface area contributed by atoms with E-state index in [1.807, 2.05) is 20.8 Å². The molecule has 0 aromatic carbocycles. The van der Waals surface area contributed by atoms with Gasteiger partial charge in [0.25, 0.3) is 0 Å². The van der Waals surface area contributed by atoms with E-state index < -0.39 is 0 Å². The minimum absolute atomic E-state index is 0. The molecule has 0 radical (unpaired) electrons. The fraction of sp³-hybridized carbons (Fsp3) is 0.833. The average molecular weight is 149 g/mol. The van der Waals surface area contributed by atoms with Gasteiger partial charge in [0, 0.05) is 5.92 Å². The molecule has 2 N–H and O–H groups in total. The third kappa shape index (κ3) is 4.33. The highest BCUT2D eigenvalue weighted by atomic mass is 32.1. The van der Waals surface area contributed by atoms with Crippen LogP contribution in [0.15, 0.2) is 0 Å². The van der Waals surface area contributed by atoms with E-state index in [2.05, 4.69) is 0 Å². The molecule has 9 heavy (non-hydrogen) atoms. The summed E-state index contributed by atoms with van der Waals surface area (Å²) in [5, 5.41) is 0. The molecule has 0 aromatic heterocycles. The van der Waals surface area contributed by atoms with Crippen molar-refractivity contribution in [1.82, 2.24) is 0 Å². The summed E-state index contributed by atoms with van der Waals surface area (Å²) in [5.41, 5.74) is 5.00. The summed E-state index contributed by atoms with van der Waals surface area (Å²) < 4.78 is 0. The molecule has 0 spiro atoms. The predicted octanol–water partition coefficient (Wildman–Crippen LogP) is 0.877. The first kappa shape index (κ1) is 11.6. The molecule has 56 valence electrons. The zero-order chi connectivity index (χ0) is 6.73. The van der Waals surface area contributed by atoms with Crippen LogP contribution in [0.3, 0.4) is 0 Å². The van der Waals surface area contributed by atoms with Gasteiger partial charge in [-0.25, -0.2) is 0 Å². The van der Waals surface area contributed by atoms with E-state index in [1.165, 1.54) is 0 Å². The minimum Gasteiger partial charge on any atom is -0.369 e. The van der Waals surface area contributed by atoms with Crippen molar-refractivity contribution in [3.8, 4) is 0 Å². The highest BCUT2D eigenvalue weighted by molar-refractivity contribution is 7.59. The van der Waals surface area contributed by atoms with Crippen molar-refractivity contribution in [2.24, 2.45) is 17.6 Å². The maximum absolute atomic E-state index is 10.4. The van der Waals surface area contributed by atoms with Crippen molar-refractivity contribution in [3.63, 3.8) is 0 Å². The minimum atomic E-state index is -0.208. The third-order valence-corrected chi connectivity index (χ3v) is 1.45. The predicted molar refractivity (Wildman–Crippen MR) is 43.6 cm³/mol. The van der Waals surface area contributed by atoms with E-state index >= 15 is 0 Å². The van der Waals surface area contributed by atoms with E-state index in [0.717, 1.165) is 0 Å². The Labute approximate surface area is 63.3 Å². The van der Waals surface area contributed by atoms with Crippen LogP contribution in [-0.4, -0.2) is 5.91 Å². The largest absolute Gasteiger partial charge is 0.369 e. The molecule has 1 amide bonds. The number of hydrogen-bond donors (Lipinski definition) is 1. The quantitative estimate of drug-likeness (QED) is 0.622. The van der Waals surface area contributed by atoms with Crippen LogP contribution in [0.4, 0.5) is 0 Å². The molecule has 0 rings (SSSR count). The van der Waals surface area contributed by atoms with Crippen LogP contribution in [0.2, 0.25) is 0 Å². The van der Waals surface area contributed by atoms with Gasteiger partial charge in [0.1, 0.15) is 0 Å². The number of carbonyl (C=O) groups is 1. The van der Waals surface area contributed by atoms with Gasteiger partial charge in [-0.3, -0.25) is 4.79 Å². The molecule has 0 aliphatic rings. The molecule has 3 heteroatoms. The van der Waals surface area contributed by atoms with Crippen LogP contribution < -0.4 is 5.73 Å². The van der Waals surface area contributed by atoms with Crippen LogP contribution in [0.25, 0.3) is 0 Å². The summed E-state index contributed by atoms with van der Waals surface area (Å²) in [7, 11) is 0. The molecule has 2 nitrogen and oxygen atoms in total. The molecule has 0 fully saturated rings. The Balaban J connectivity index is 0. The second kappa shape index (κ2) is 4.68. The second-order valence-corrected chi connectivity index (χ2v) is 2.44. The summed E-state index contributed by atoms with van der Waals surface area (Å²) in [6, 6.07) is 0. The zero-order valence-electron chi connectivity index (χ0n) is 6.14. The van der Waals surface area contributed by atoms with Crippen molar-refractivity contribution in [2.75, 3.05) is 0 Å². The van der Waals surface area contributed by atoms with Crippen LogP contribution in [-0.2, 0) is 4.79 Å². The Morgan fingerprint density at radius 3 is 1.67 bits per heavy atom. The summed E-state index contributed by atoms with van der Waals surface area (Å²) in [5.74, 6) is 0.169. The maximum atomic E-state index is 10.4. The highest BCUT2D eigenvalue weighted by Gasteiger charge is 2.11. The van der Waals surface area contributed by atoms with Gasteiger partial charge in [-0.05, 0) is 5.92 Å². The van der Waals surface area contributed by atoms with E-state index in [1.54, 1.807) is 0 Å². The topological polar surface area (TPSA) is 43.1 Å². The molecule has 0 heterocycles. The lowest BCUT2D eigenvalue weighted by atomic mass is 9.98. The summed E-state index contributed by atoms with van der Waals surface area (Å²) in [6.45, 7) is 5.80. The van der Waals surface area contributed by atoms with E-state index in [0.29, 0.717) is 5.92 Å². The van der Waals surface area contributed by atoms with Crippen molar-refractivity contribution in [1.29, 1.82) is 0 Å². The number of carbonyl (C=O) groups excluding carboxylic acids is 1. The SMILES string of the molecule is CC(C)[C@@H](C)C(N)=O.S. The standard InChI is InChI=1S/C6H13NO.H2S/c1-4(2)5(3)6(7)8;/h4-5H,1-3H3,(H2,7,8);1H2/t5-;/m1./s1. The summed E-state index contributed by atoms with van der Waals surface area (Å²) in [6.07, 6.45) is 0. The second-order valence-electron chi connectivity index (χ2n) is 2.44. The molecule has 0 aliphatic carbocycles. The average Bonchev–Trinajstić information content (AvgIpc) is 1.64. The van der Waals surface area contributed by atoms with Gasteiger partial charge in [-0.2, -0.15) is 13.5 Å². The van der Waals surface area contributed by atoms with E-state index in [9.17, 15) is 4.79 Å². The van der Waals surface area contributed by atoms with Gasteiger partial charge in [0.2, 0.25) is 5.91 Å². The van der Waals surface area contributed by atoms with Crippen molar-refractivity contribution >= 4 is 19.4 Å². The smallest absolute Gasteiger partial charge is 0.220 e. The molecule has 0 unspecified atom stereocenters. The molecule has 0 saturated heterocycles. The summed E-state index contributed by atoms with van der Waals surface area (Å²) >= 11 is 0. The van der Waals surface area contributed by atoms with Crippen LogP contribution in [0.5, 0.6) is 0 Å². The Morgan fingerprint density at radius 2 is 1.67 bits per heavy atom. The van der Waals surface area contributed by atoms with Gasteiger partial charge in [0.05, 0.1) is 0 Å². The Hall–Kier alpha value is -0.180. The van der Waals surface area contributed by atoms with Crippen LogP contribution >= 0.6 is 13.5 Å². The van der Waals surface area contributed by atoms with E-state index in [-0.39, 0.29) is 25.3 Å². The molecule has 0 aromatic rings. The van der Waals surface area contributed by atoms with Gasteiger partial charge in [0.15, 0.2) is 0 Å². The first-order chi connectivity index (χ1) is 3.55. The van der Waals surface area contributed by atoms with Crippen molar-refractivity contribution in [2.45, 2.75) is 20.8 Å². The first-order valence-electron chi connectivity index (χ1n) is 2.85. The molecule has 0 bridgehead atoms. The summed E-state index contributed by atoms with van der Waals surface area (Å²) in [4.78, 5) is 10.4. The number of amides is 1. The van der Waals surface area contributed by atoms with Crippen molar-refractivity contribution < 1.29 is 4.79 Å². The zero-order valence-corrected chi connectivity index (χ0v) is 7.14. The number of hydrogen-bond acceptors (Lipinski definition) is 1. The fourth-order valence-corrected chi connectivity index (χ4v) is 0.329. The molecular formula is C6H15NOS. The van der Waals surface area contributed by atoms with Gasteiger partial charge >= 0.3 is 0 Å². The normalized spacial score (nSPS) is 12.4. The lowest BCUT2D eigenvalue weighted by molar-refractivity contribution is -0.122. The number of rotatable bonds is 2. The molecule has 0 saturated carbocycles. The highest BCUT2D eigenvalue weighted by Crippen LogP contribution is 2.06. The Kier molecular flexibility index (Phi) is 6.02.